The molecule has 0 aromatic carbocycles. The summed E-state index contributed by atoms with van der Waals surface area (Å²) in [5, 5.41) is 34.3. The Hall–Kier alpha value is -1.54. The second-order valence-electron chi connectivity index (χ2n) is 9.02. The van der Waals surface area contributed by atoms with Crippen LogP contribution in [0.3, 0.4) is 0 Å². The maximum atomic E-state index is 12.0. The zero-order chi connectivity index (χ0) is 23.7. The number of alkyl carbamates (subject to hydrolysis) is 1. The number of amides is 2. The van der Waals surface area contributed by atoms with E-state index in [9.17, 15) is 24.9 Å². The van der Waals surface area contributed by atoms with Gasteiger partial charge in [0.25, 0.3) is 0 Å². The molecule has 0 aliphatic carbocycles. The van der Waals surface area contributed by atoms with E-state index in [1.807, 2.05) is 0 Å². The van der Waals surface area contributed by atoms with Gasteiger partial charge in [-0.15, -0.1) is 0 Å². The molecule has 2 rings (SSSR count). The number of fused-ring (bicyclic) bond motifs is 1. The number of aliphatic hydroxyl groups is 3. The van der Waals surface area contributed by atoms with E-state index in [0.29, 0.717) is 19.6 Å². The van der Waals surface area contributed by atoms with E-state index in [0.717, 1.165) is 0 Å². The zero-order valence-corrected chi connectivity index (χ0v) is 18.8. The van der Waals surface area contributed by atoms with Crippen molar-refractivity contribution >= 4 is 12.0 Å². The summed E-state index contributed by atoms with van der Waals surface area (Å²) < 4.78 is 26.6. The summed E-state index contributed by atoms with van der Waals surface area (Å²) in [6.45, 7) is 6.75. The van der Waals surface area contributed by atoms with Gasteiger partial charge in [-0.2, -0.15) is 0 Å². The van der Waals surface area contributed by atoms with Crippen molar-refractivity contribution in [2.24, 2.45) is 5.41 Å². The van der Waals surface area contributed by atoms with E-state index in [4.69, 9.17) is 23.7 Å². The molecule has 12 heteroatoms. The molecule has 2 heterocycles. The first-order valence-electron chi connectivity index (χ1n) is 10.7. The lowest BCUT2D eigenvalue weighted by atomic mass is 9.89. The molecule has 0 radical (unpaired) electrons. The summed E-state index contributed by atoms with van der Waals surface area (Å²) in [4.78, 5) is 23.4. The fourth-order valence-electron chi connectivity index (χ4n) is 3.47. The third-order valence-electron chi connectivity index (χ3n) is 4.86. The quantitative estimate of drug-likeness (QED) is 0.203. The van der Waals surface area contributed by atoms with Gasteiger partial charge in [0.1, 0.15) is 24.9 Å². The average molecular weight is 465 g/mol. The first-order valence-corrected chi connectivity index (χ1v) is 10.7. The van der Waals surface area contributed by atoms with Crippen molar-refractivity contribution in [2.75, 3.05) is 46.2 Å². The Bertz CT molecular complexity index is 599. The third-order valence-corrected chi connectivity index (χ3v) is 4.86. The van der Waals surface area contributed by atoms with Gasteiger partial charge in [-0.05, 0) is 11.8 Å². The smallest absolute Gasteiger partial charge is 0.408 e. The fourth-order valence-corrected chi connectivity index (χ4v) is 3.47. The highest BCUT2D eigenvalue weighted by Crippen LogP contribution is 2.27. The van der Waals surface area contributed by atoms with Gasteiger partial charge in [0.2, 0.25) is 5.91 Å². The van der Waals surface area contributed by atoms with Crippen LogP contribution in [0.25, 0.3) is 0 Å². The zero-order valence-electron chi connectivity index (χ0n) is 18.8. The highest BCUT2D eigenvalue weighted by molar-refractivity contribution is 5.77. The van der Waals surface area contributed by atoms with Crippen molar-refractivity contribution < 1.29 is 48.6 Å². The van der Waals surface area contributed by atoms with Crippen LogP contribution in [0.4, 0.5) is 4.79 Å². The number of carbonyl (C=O) groups is 2. The molecule has 0 spiro atoms. The molecule has 2 aliphatic heterocycles. The Morgan fingerprint density at radius 1 is 1.25 bits per heavy atom. The van der Waals surface area contributed by atoms with Crippen molar-refractivity contribution in [3.05, 3.63) is 0 Å². The molecule has 186 valence electrons. The van der Waals surface area contributed by atoms with Crippen molar-refractivity contribution in [3.63, 3.8) is 0 Å². The van der Waals surface area contributed by atoms with Gasteiger partial charge >= 0.3 is 6.09 Å². The number of rotatable bonds is 13. The minimum Gasteiger partial charge on any atom is -0.441 e. The van der Waals surface area contributed by atoms with Crippen LogP contribution in [0.2, 0.25) is 0 Å². The minimum absolute atomic E-state index is 0.0344. The molecule has 2 aliphatic rings. The van der Waals surface area contributed by atoms with Gasteiger partial charge in [-0.3, -0.25) is 4.79 Å². The Morgan fingerprint density at radius 2 is 1.97 bits per heavy atom. The molecular weight excluding hydrogens is 428 g/mol. The fraction of sp³-hybridized carbons (Fsp3) is 0.900. The lowest BCUT2D eigenvalue weighted by Gasteiger charge is -2.38. The second kappa shape index (κ2) is 12.6. The average Bonchev–Trinajstić information content (AvgIpc) is 3.10. The summed E-state index contributed by atoms with van der Waals surface area (Å²) in [5.41, 5.74) is 0.0344. The van der Waals surface area contributed by atoms with E-state index in [1.165, 1.54) is 0 Å². The Balaban J connectivity index is 1.55. The maximum Gasteiger partial charge on any atom is 0.408 e. The molecule has 6 unspecified atom stereocenters. The van der Waals surface area contributed by atoms with Crippen LogP contribution >= 0.6 is 0 Å². The van der Waals surface area contributed by atoms with Crippen LogP contribution in [-0.2, 0) is 28.5 Å². The van der Waals surface area contributed by atoms with E-state index in [-0.39, 0.29) is 31.8 Å². The Morgan fingerprint density at radius 3 is 2.66 bits per heavy atom. The van der Waals surface area contributed by atoms with Crippen molar-refractivity contribution in [3.8, 4) is 0 Å². The molecule has 12 nitrogen and oxygen atoms in total. The van der Waals surface area contributed by atoms with Crippen molar-refractivity contribution in [1.29, 1.82) is 0 Å². The molecule has 2 saturated heterocycles. The molecule has 0 saturated carbocycles. The van der Waals surface area contributed by atoms with Gasteiger partial charge < -0.3 is 49.6 Å². The number of aliphatic hydroxyl groups excluding tert-OH is 3. The predicted molar refractivity (Wildman–Crippen MR) is 110 cm³/mol. The lowest BCUT2D eigenvalue weighted by Crippen LogP contribution is -2.60. The standard InChI is InChI=1S/C20H36N2O10/c1-20(2,3)8-12(24)10-29-7-6-28-5-4-21-14(25)11-30-18-15-17(32-19(27)22-15)16(26)13(9-23)31-18/h12-13,15-18,23-24,26H,4-11H2,1-3H3,(H,21,25)(H,22,27). The van der Waals surface area contributed by atoms with Crippen molar-refractivity contribution in [1.82, 2.24) is 10.6 Å². The molecule has 0 aromatic rings. The third kappa shape index (κ3) is 8.77. The van der Waals surface area contributed by atoms with E-state index in [2.05, 4.69) is 31.4 Å². The van der Waals surface area contributed by atoms with E-state index in [1.54, 1.807) is 0 Å². The summed E-state index contributed by atoms with van der Waals surface area (Å²) in [5.74, 6) is -0.424. The lowest BCUT2D eigenvalue weighted by molar-refractivity contribution is -0.257. The topological polar surface area (TPSA) is 165 Å². The molecule has 6 atom stereocenters. The van der Waals surface area contributed by atoms with Gasteiger partial charge in [-0.1, -0.05) is 20.8 Å². The molecule has 32 heavy (non-hydrogen) atoms. The highest BCUT2D eigenvalue weighted by atomic mass is 16.7. The van der Waals surface area contributed by atoms with Crippen LogP contribution in [0.1, 0.15) is 27.2 Å². The van der Waals surface area contributed by atoms with Gasteiger partial charge in [0, 0.05) is 6.54 Å². The van der Waals surface area contributed by atoms with Gasteiger partial charge in [-0.25, -0.2) is 4.79 Å². The number of carbonyl (C=O) groups excluding carboxylic acids is 2. The number of hydrogen-bond acceptors (Lipinski definition) is 10. The number of ether oxygens (including phenoxy) is 5. The molecule has 0 bridgehead atoms. The highest BCUT2D eigenvalue weighted by Gasteiger charge is 2.52. The normalized spacial score (nSPS) is 28.6. The summed E-state index contributed by atoms with van der Waals surface area (Å²) in [6.07, 6.45) is -4.80. The van der Waals surface area contributed by atoms with Crippen LogP contribution in [0.5, 0.6) is 0 Å². The van der Waals surface area contributed by atoms with E-state index >= 15 is 0 Å². The Labute approximate surface area is 187 Å². The number of hydrogen-bond donors (Lipinski definition) is 5. The SMILES string of the molecule is CC(C)(C)CC(O)COCCOCCNC(=O)COC1OC(CO)C(O)C2OC(=O)NC12. The van der Waals surface area contributed by atoms with Crippen LogP contribution < -0.4 is 10.6 Å². The predicted octanol–water partition coefficient (Wildman–Crippen LogP) is -1.50. The van der Waals surface area contributed by atoms with Gasteiger partial charge in [0.05, 0.1) is 39.1 Å². The van der Waals surface area contributed by atoms with Crippen LogP contribution in [-0.4, -0.2) is 110 Å². The first kappa shape index (κ1) is 26.7. The van der Waals surface area contributed by atoms with Gasteiger partial charge in [0.15, 0.2) is 12.4 Å². The molecular formula is C20H36N2O10. The number of nitrogens with one attached hydrogen (secondary N) is 2. The first-order chi connectivity index (χ1) is 15.1. The summed E-state index contributed by atoms with van der Waals surface area (Å²) >= 11 is 0. The summed E-state index contributed by atoms with van der Waals surface area (Å²) in [7, 11) is 0. The van der Waals surface area contributed by atoms with Crippen LogP contribution in [0, 0.1) is 5.41 Å². The second-order valence-corrected chi connectivity index (χ2v) is 9.02. The minimum atomic E-state index is -1.21. The largest absolute Gasteiger partial charge is 0.441 e. The Kier molecular flexibility index (Phi) is 10.5. The molecule has 2 amide bonds. The molecule has 5 N–H and O–H groups in total. The van der Waals surface area contributed by atoms with Crippen molar-refractivity contribution in [2.45, 2.75) is 63.9 Å². The van der Waals surface area contributed by atoms with E-state index < -0.39 is 55.4 Å². The maximum absolute atomic E-state index is 12.0. The molecule has 2 fully saturated rings. The monoisotopic (exact) mass is 464 g/mol. The summed E-state index contributed by atoms with van der Waals surface area (Å²) in [6, 6.07) is -0.793. The van der Waals surface area contributed by atoms with Crippen LogP contribution in [0.15, 0.2) is 0 Å². The molecule has 0 aromatic heterocycles.